The standard InChI is InChI=1S/C21H28N2O4/c1-17(24)23-14-15-27-21(16-23)10-12-22(13-11-21)20(26)9-5-8-19(25)18-6-3-2-4-7-18/h2-4,6-7H,5,8-16H2,1H3. The van der Waals surface area contributed by atoms with Crippen molar-refractivity contribution in [3.8, 4) is 0 Å². The van der Waals surface area contributed by atoms with E-state index < -0.39 is 0 Å². The maximum Gasteiger partial charge on any atom is 0.222 e. The summed E-state index contributed by atoms with van der Waals surface area (Å²) in [6.07, 6.45) is 2.87. The summed E-state index contributed by atoms with van der Waals surface area (Å²) in [5.74, 6) is 0.269. The van der Waals surface area contributed by atoms with Crippen LogP contribution in [0.3, 0.4) is 0 Å². The zero-order chi connectivity index (χ0) is 19.3. The van der Waals surface area contributed by atoms with Gasteiger partial charge in [0.05, 0.1) is 12.2 Å². The third kappa shape index (κ3) is 4.95. The van der Waals surface area contributed by atoms with Crippen molar-refractivity contribution in [3.05, 3.63) is 35.9 Å². The molecule has 1 spiro atoms. The topological polar surface area (TPSA) is 66.9 Å². The van der Waals surface area contributed by atoms with E-state index in [1.165, 1.54) is 0 Å². The van der Waals surface area contributed by atoms with Gasteiger partial charge in [-0.25, -0.2) is 0 Å². The van der Waals surface area contributed by atoms with Gasteiger partial charge in [0.25, 0.3) is 0 Å². The first-order valence-corrected chi connectivity index (χ1v) is 9.75. The molecule has 6 nitrogen and oxygen atoms in total. The summed E-state index contributed by atoms with van der Waals surface area (Å²) in [5.41, 5.74) is 0.401. The molecule has 0 radical (unpaired) electrons. The quantitative estimate of drug-likeness (QED) is 0.744. The van der Waals surface area contributed by atoms with Crippen LogP contribution in [0.15, 0.2) is 30.3 Å². The summed E-state index contributed by atoms with van der Waals surface area (Å²) in [6.45, 7) is 4.73. The monoisotopic (exact) mass is 372 g/mol. The number of hydrogen-bond acceptors (Lipinski definition) is 4. The average Bonchev–Trinajstić information content (AvgIpc) is 2.69. The van der Waals surface area contributed by atoms with Gasteiger partial charge in [0, 0.05) is 51.5 Å². The Morgan fingerprint density at radius 1 is 1.00 bits per heavy atom. The summed E-state index contributed by atoms with van der Waals surface area (Å²) in [5, 5.41) is 0. The largest absolute Gasteiger partial charge is 0.371 e. The highest BCUT2D eigenvalue weighted by molar-refractivity contribution is 5.96. The van der Waals surface area contributed by atoms with E-state index in [0.717, 1.165) is 12.8 Å². The van der Waals surface area contributed by atoms with Gasteiger partial charge in [-0.2, -0.15) is 0 Å². The van der Waals surface area contributed by atoms with Gasteiger partial charge in [0.15, 0.2) is 5.78 Å². The number of rotatable bonds is 5. The Morgan fingerprint density at radius 3 is 2.37 bits per heavy atom. The summed E-state index contributed by atoms with van der Waals surface area (Å²) in [4.78, 5) is 40.0. The number of likely N-dealkylation sites (tertiary alicyclic amines) is 1. The molecule has 27 heavy (non-hydrogen) atoms. The third-order valence-electron chi connectivity index (χ3n) is 5.61. The highest BCUT2D eigenvalue weighted by Gasteiger charge is 2.41. The van der Waals surface area contributed by atoms with Crippen molar-refractivity contribution in [2.75, 3.05) is 32.8 Å². The van der Waals surface area contributed by atoms with Crippen LogP contribution in [0.4, 0.5) is 0 Å². The lowest BCUT2D eigenvalue weighted by Gasteiger charge is -2.47. The van der Waals surface area contributed by atoms with E-state index in [-0.39, 0.29) is 23.2 Å². The van der Waals surface area contributed by atoms with E-state index in [9.17, 15) is 14.4 Å². The molecule has 2 aliphatic heterocycles. The minimum absolute atomic E-state index is 0.0827. The van der Waals surface area contributed by atoms with Gasteiger partial charge < -0.3 is 14.5 Å². The predicted octanol–water partition coefficient (Wildman–Crippen LogP) is 2.28. The Balaban J connectivity index is 1.42. The molecular formula is C21H28N2O4. The lowest BCUT2D eigenvalue weighted by atomic mass is 9.89. The van der Waals surface area contributed by atoms with Crippen LogP contribution in [0.1, 0.15) is 49.4 Å². The lowest BCUT2D eigenvalue weighted by Crippen LogP contribution is -2.58. The normalized spacial score (nSPS) is 19.1. The second-order valence-corrected chi connectivity index (χ2v) is 7.50. The van der Waals surface area contributed by atoms with E-state index in [1.54, 1.807) is 6.92 Å². The molecule has 0 unspecified atom stereocenters. The number of nitrogens with zero attached hydrogens (tertiary/aromatic N) is 2. The second-order valence-electron chi connectivity index (χ2n) is 7.50. The zero-order valence-electron chi connectivity index (χ0n) is 16.0. The van der Waals surface area contributed by atoms with Crippen molar-refractivity contribution in [2.45, 2.75) is 44.6 Å². The lowest BCUT2D eigenvalue weighted by molar-refractivity contribution is -0.161. The number of piperidine rings is 1. The molecule has 0 N–H and O–H groups in total. The Bertz CT molecular complexity index is 681. The highest BCUT2D eigenvalue weighted by Crippen LogP contribution is 2.30. The molecule has 2 heterocycles. The van der Waals surface area contributed by atoms with Gasteiger partial charge in [0.1, 0.15) is 0 Å². The highest BCUT2D eigenvalue weighted by atomic mass is 16.5. The number of amides is 2. The molecule has 0 atom stereocenters. The van der Waals surface area contributed by atoms with Crippen LogP contribution in [0.2, 0.25) is 0 Å². The van der Waals surface area contributed by atoms with Crippen LogP contribution in [0, 0.1) is 0 Å². The van der Waals surface area contributed by atoms with Crippen molar-refractivity contribution in [1.29, 1.82) is 0 Å². The summed E-state index contributed by atoms with van der Waals surface area (Å²) in [7, 11) is 0. The SMILES string of the molecule is CC(=O)N1CCOC2(CCN(C(=O)CCCC(=O)c3ccccc3)CC2)C1. The van der Waals surface area contributed by atoms with Crippen molar-refractivity contribution < 1.29 is 19.1 Å². The first-order valence-electron chi connectivity index (χ1n) is 9.75. The molecule has 0 aromatic heterocycles. The average molecular weight is 372 g/mol. The summed E-state index contributed by atoms with van der Waals surface area (Å²) in [6, 6.07) is 9.20. The molecule has 2 aliphatic rings. The number of ketones is 1. The van der Waals surface area contributed by atoms with Gasteiger partial charge in [0.2, 0.25) is 11.8 Å². The van der Waals surface area contributed by atoms with Crippen molar-refractivity contribution >= 4 is 17.6 Å². The first kappa shape index (κ1) is 19.5. The number of ether oxygens (including phenoxy) is 1. The minimum Gasteiger partial charge on any atom is -0.371 e. The molecule has 0 bridgehead atoms. The van der Waals surface area contributed by atoms with E-state index in [4.69, 9.17) is 4.74 Å². The fourth-order valence-electron chi connectivity index (χ4n) is 3.91. The Morgan fingerprint density at radius 2 is 1.70 bits per heavy atom. The third-order valence-corrected chi connectivity index (χ3v) is 5.61. The Kier molecular flexibility index (Phi) is 6.26. The first-order chi connectivity index (χ1) is 13.0. The minimum atomic E-state index is -0.302. The van der Waals surface area contributed by atoms with Gasteiger partial charge >= 0.3 is 0 Å². The molecule has 2 fully saturated rings. The molecule has 0 saturated carbocycles. The number of carbonyl (C=O) groups excluding carboxylic acids is 3. The fourth-order valence-corrected chi connectivity index (χ4v) is 3.91. The van der Waals surface area contributed by atoms with Crippen LogP contribution in [-0.2, 0) is 14.3 Å². The Hall–Kier alpha value is -2.21. The van der Waals surface area contributed by atoms with Crippen molar-refractivity contribution in [3.63, 3.8) is 0 Å². The molecule has 6 heteroatoms. The molecule has 1 aromatic carbocycles. The molecule has 146 valence electrons. The van der Waals surface area contributed by atoms with Crippen molar-refractivity contribution in [2.24, 2.45) is 0 Å². The van der Waals surface area contributed by atoms with Gasteiger partial charge in [-0.15, -0.1) is 0 Å². The van der Waals surface area contributed by atoms with Crippen LogP contribution in [0.5, 0.6) is 0 Å². The van der Waals surface area contributed by atoms with Crippen LogP contribution in [-0.4, -0.2) is 65.8 Å². The van der Waals surface area contributed by atoms with Crippen LogP contribution in [0.25, 0.3) is 0 Å². The number of morpholine rings is 1. The van der Waals surface area contributed by atoms with Crippen LogP contribution >= 0.6 is 0 Å². The summed E-state index contributed by atoms with van der Waals surface area (Å²) < 4.78 is 6.00. The van der Waals surface area contributed by atoms with Gasteiger partial charge in [-0.05, 0) is 19.3 Å². The molecular weight excluding hydrogens is 344 g/mol. The number of hydrogen-bond donors (Lipinski definition) is 0. The number of carbonyl (C=O) groups is 3. The smallest absolute Gasteiger partial charge is 0.222 e. The van der Waals surface area contributed by atoms with E-state index in [0.29, 0.717) is 57.6 Å². The molecule has 3 rings (SSSR count). The molecule has 2 saturated heterocycles. The van der Waals surface area contributed by atoms with Gasteiger partial charge in [-0.3, -0.25) is 14.4 Å². The van der Waals surface area contributed by atoms with E-state index in [2.05, 4.69) is 0 Å². The maximum atomic E-state index is 12.5. The zero-order valence-corrected chi connectivity index (χ0v) is 16.0. The van der Waals surface area contributed by atoms with Crippen molar-refractivity contribution in [1.82, 2.24) is 9.80 Å². The number of benzene rings is 1. The predicted molar refractivity (Wildman–Crippen MR) is 101 cm³/mol. The molecule has 0 aliphatic carbocycles. The fraction of sp³-hybridized carbons (Fsp3) is 0.571. The molecule has 1 aromatic rings. The van der Waals surface area contributed by atoms with E-state index >= 15 is 0 Å². The van der Waals surface area contributed by atoms with E-state index in [1.807, 2.05) is 40.1 Å². The number of Topliss-reactive ketones (excluding diaryl/α,β-unsaturated/α-hetero) is 1. The van der Waals surface area contributed by atoms with Gasteiger partial charge in [-0.1, -0.05) is 30.3 Å². The molecule has 2 amide bonds. The van der Waals surface area contributed by atoms with Crippen LogP contribution < -0.4 is 0 Å². The summed E-state index contributed by atoms with van der Waals surface area (Å²) >= 11 is 0. The second kappa shape index (κ2) is 8.65. The maximum absolute atomic E-state index is 12.5. The Labute approximate surface area is 160 Å².